The number of carbonyl (C=O) groups is 2. The number of Topliss-reactive ketones (excluding diaryl/α,β-unsaturated/α-hetero) is 1. The van der Waals surface area contributed by atoms with Gasteiger partial charge in [0.15, 0.2) is 11.6 Å². The van der Waals surface area contributed by atoms with Gasteiger partial charge in [-0.25, -0.2) is 18.7 Å². The molecule has 200 valence electrons. The minimum Gasteiger partial charge on any atom is -0.496 e. The third-order valence-electron chi connectivity index (χ3n) is 7.78. The van der Waals surface area contributed by atoms with Crippen molar-refractivity contribution in [2.45, 2.75) is 19.3 Å². The van der Waals surface area contributed by atoms with Gasteiger partial charge in [0, 0.05) is 44.7 Å². The van der Waals surface area contributed by atoms with Gasteiger partial charge in [-0.2, -0.15) is 5.10 Å². The molecule has 2 fully saturated rings. The van der Waals surface area contributed by atoms with E-state index >= 15 is 4.39 Å². The lowest BCUT2D eigenvalue weighted by molar-refractivity contribution is -0.126. The second-order valence-corrected chi connectivity index (χ2v) is 10.0. The molecule has 0 radical (unpaired) electrons. The standard InChI is InChI=1S/C28H26F2N6O3/c1-35-25-17(14-33-35)24(36-11-8-28(15-36)7-10-32-27(28)38)16(12-19(25)30)13-21(37)20-6-9-31-26(34-20)23-18(29)4-3-5-22(23)39-2/h3-6,9,12,14H,7-8,10-11,13,15H2,1-2H3,(H,32,38). The van der Waals surface area contributed by atoms with Crippen LogP contribution >= 0.6 is 0 Å². The van der Waals surface area contributed by atoms with Crippen LogP contribution < -0.4 is 15.0 Å². The third kappa shape index (κ3) is 4.08. The number of anilines is 1. The van der Waals surface area contributed by atoms with Gasteiger partial charge in [-0.3, -0.25) is 14.3 Å². The first-order valence-corrected chi connectivity index (χ1v) is 12.7. The molecule has 0 bridgehead atoms. The van der Waals surface area contributed by atoms with Crippen molar-refractivity contribution in [3.63, 3.8) is 0 Å². The van der Waals surface area contributed by atoms with Gasteiger partial charge in [0.25, 0.3) is 0 Å². The van der Waals surface area contributed by atoms with E-state index in [9.17, 15) is 14.0 Å². The Kier molecular flexibility index (Phi) is 6.00. The van der Waals surface area contributed by atoms with Gasteiger partial charge in [-0.15, -0.1) is 0 Å². The van der Waals surface area contributed by atoms with Crippen molar-refractivity contribution >= 4 is 28.3 Å². The molecule has 1 N–H and O–H groups in total. The molecule has 1 atom stereocenters. The molecule has 1 unspecified atom stereocenters. The van der Waals surface area contributed by atoms with Crippen LogP contribution in [0.1, 0.15) is 28.9 Å². The van der Waals surface area contributed by atoms with Crippen LogP contribution in [0.25, 0.3) is 22.3 Å². The Morgan fingerprint density at radius 1 is 1.21 bits per heavy atom. The highest BCUT2D eigenvalue weighted by Gasteiger charge is 2.48. The SMILES string of the molecule is COc1cccc(F)c1-c1nccc(C(=O)Cc2cc(F)c3c(cnn3C)c2N2CCC3(CCNC3=O)C2)n1. The van der Waals surface area contributed by atoms with Crippen molar-refractivity contribution in [1.29, 1.82) is 0 Å². The highest BCUT2D eigenvalue weighted by molar-refractivity contribution is 6.01. The summed E-state index contributed by atoms with van der Waals surface area (Å²) in [6, 6.07) is 7.17. The molecule has 6 rings (SSSR count). The third-order valence-corrected chi connectivity index (χ3v) is 7.78. The first-order valence-electron chi connectivity index (χ1n) is 12.7. The molecule has 39 heavy (non-hydrogen) atoms. The van der Waals surface area contributed by atoms with E-state index in [-0.39, 0.29) is 40.9 Å². The minimum atomic E-state index is -0.579. The number of carbonyl (C=O) groups excluding carboxylic acids is 2. The molecule has 9 nitrogen and oxygen atoms in total. The predicted molar refractivity (Wildman–Crippen MR) is 140 cm³/mol. The van der Waals surface area contributed by atoms with Gasteiger partial charge >= 0.3 is 0 Å². The van der Waals surface area contributed by atoms with Crippen LogP contribution in [-0.2, 0) is 18.3 Å². The zero-order valence-electron chi connectivity index (χ0n) is 21.5. The summed E-state index contributed by atoms with van der Waals surface area (Å²) >= 11 is 0. The van der Waals surface area contributed by atoms with Crippen LogP contribution in [0.2, 0.25) is 0 Å². The van der Waals surface area contributed by atoms with E-state index in [1.54, 1.807) is 19.3 Å². The molecule has 1 amide bonds. The average Bonchev–Trinajstić information content (AvgIpc) is 3.63. The molecule has 1 spiro atoms. The molecule has 2 saturated heterocycles. The number of aromatic nitrogens is 4. The number of methoxy groups -OCH3 is 1. The number of nitrogens with one attached hydrogen (secondary N) is 1. The predicted octanol–water partition coefficient (Wildman–Crippen LogP) is 3.46. The number of ether oxygens (including phenoxy) is 1. The summed E-state index contributed by atoms with van der Waals surface area (Å²) in [6.45, 7) is 1.70. The lowest BCUT2D eigenvalue weighted by Crippen LogP contribution is -2.34. The number of nitrogens with zero attached hydrogens (tertiary/aromatic N) is 5. The van der Waals surface area contributed by atoms with Crippen LogP contribution in [0.5, 0.6) is 5.75 Å². The van der Waals surface area contributed by atoms with Gasteiger partial charge < -0.3 is 15.0 Å². The van der Waals surface area contributed by atoms with Crippen LogP contribution in [0, 0.1) is 17.0 Å². The zero-order chi connectivity index (χ0) is 27.3. The topological polar surface area (TPSA) is 102 Å². The number of hydrogen-bond donors (Lipinski definition) is 1. The maximum atomic E-state index is 15.3. The summed E-state index contributed by atoms with van der Waals surface area (Å²) in [5, 5.41) is 7.77. The first-order chi connectivity index (χ1) is 18.8. The molecule has 4 aromatic rings. The maximum Gasteiger partial charge on any atom is 0.228 e. The Morgan fingerprint density at radius 2 is 2.05 bits per heavy atom. The Morgan fingerprint density at radius 3 is 2.82 bits per heavy atom. The maximum absolute atomic E-state index is 15.3. The van der Waals surface area contributed by atoms with Crippen molar-refractivity contribution in [1.82, 2.24) is 25.1 Å². The summed E-state index contributed by atoms with van der Waals surface area (Å²) in [6.07, 6.45) is 4.23. The van der Waals surface area contributed by atoms with Crippen molar-refractivity contribution in [2.75, 3.05) is 31.6 Å². The number of fused-ring (bicyclic) bond motifs is 1. The van der Waals surface area contributed by atoms with Gasteiger partial charge in [0.05, 0.1) is 30.0 Å². The number of rotatable bonds is 6. The number of aryl methyl sites for hydroxylation is 1. The van der Waals surface area contributed by atoms with Crippen LogP contribution in [0.4, 0.5) is 14.5 Å². The molecule has 4 heterocycles. The van der Waals surface area contributed by atoms with Crippen molar-refractivity contribution in [2.24, 2.45) is 12.5 Å². The lowest BCUT2D eigenvalue weighted by atomic mass is 9.86. The Balaban J connectivity index is 1.39. The zero-order valence-corrected chi connectivity index (χ0v) is 21.5. The van der Waals surface area contributed by atoms with Crippen molar-refractivity contribution < 1.29 is 23.1 Å². The Bertz CT molecular complexity index is 1640. The Hall–Kier alpha value is -4.41. The monoisotopic (exact) mass is 532 g/mol. The molecule has 0 saturated carbocycles. The van der Waals surface area contributed by atoms with Crippen molar-refractivity contribution in [3.8, 4) is 17.1 Å². The van der Waals surface area contributed by atoms with Gasteiger partial charge in [-0.1, -0.05) is 6.07 Å². The van der Waals surface area contributed by atoms with Crippen LogP contribution in [-0.4, -0.2) is 58.2 Å². The second-order valence-electron chi connectivity index (χ2n) is 10.0. The number of hydrogen-bond acceptors (Lipinski definition) is 7. The highest BCUT2D eigenvalue weighted by Crippen LogP contribution is 2.43. The summed E-state index contributed by atoms with van der Waals surface area (Å²) in [7, 11) is 3.07. The fraction of sp³-hybridized carbons (Fsp3) is 0.321. The molecule has 11 heteroatoms. The first kappa shape index (κ1) is 24.9. The van der Waals surface area contributed by atoms with E-state index in [2.05, 4.69) is 25.3 Å². The van der Waals surface area contributed by atoms with Crippen LogP contribution in [0.15, 0.2) is 42.7 Å². The molecular weight excluding hydrogens is 506 g/mol. The largest absolute Gasteiger partial charge is 0.496 e. The number of ketones is 1. The molecule has 2 aromatic heterocycles. The fourth-order valence-corrected chi connectivity index (χ4v) is 5.82. The average molecular weight is 533 g/mol. The number of benzene rings is 2. The summed E-state index contributed by atoms with van der Waals surface area (Å²) in [5.41, 5.74) is 1.11. The van der Waals surface area contributed by atoms with Gasteiger partial charge in [0.1, 0.15) is 28.6 Å². The molecule has 2 aliphatic rings. The minimum absolute atomic E-state index is 0.0126. The molecular formula is C28H26F2N6O3. The second kappa shape index (κ2) is 9.40. The summed E-state index contributed by atoms with van der Waals surface area (Å²) < 4.78 is 36.7. The quantitative estimate of drug-likeness (QED) is 0.380. The van der Waals surface area contributed by atoms with E-state index < -0.39 is 17.0 Å². The molecule has 0 aliphatic carbocycles. The van der Waals surface area contributed by atoms with E-state index in [0.717, 1.165) is 6.42 Å². The summed E-state index contributed by atoms with van der Waals surface area (Å²) in [4.78, 5) is 36.7. The highest BCUT2D eigenvalue weighted by atomic mass is 19.1. The lowest BCUT2D eigenvalue weighted by Gasteiger charge is -2.25. The number of amides is 1. The van der Waals surface area contributed by atoms with E-state index in [0.29, 0.717) is 48.2 Å². The van der Waals surface area contributed by atoms with E-state index in [4.69, 9.17) is 4.74 Å². The van der Waals surface area contributed by atoms with Crippen LogP contribution in [0.3, 0.4) is 0 Å². The Labute approximate surface area is 222 Å². The van der Waals surface area contributed by atoms with Gasteiger partial charge in [-0.05, 0) is 42.7 Å². The fourth-order valence-electron chi connectivity index (χ4n) is 5.82. The van der Waals surface area contributed by atoms with Gasteiger partial charge in [0.2, 0.25) is 5.91 Å². The summed E-state index contributed by atoms with van der Waals surface area (Å²) in [5.74, 6) is -1.18. The normalized spacial score (nSPS) is 18.8. The number of halogens is 2. The molecule has 2 aromatic carbocycles. The molecule has 2 aliphatic heterocycles. The van der Waals surface area contributed by atoms with E-state index in [1.807, 2.05) is 0 Å². The van der Waals surface area contributed by atoms with E-state index in [1.165, 1.54) is 42.3 Å². The smallest absolute Gasteiger partial charge is 0.228 e. The van der Waals surface area contributed by atoms with Crippen molar-refractivity contribution in [3.05, 3.63) is 65.6 Å².